The second kappa shape index (κ2) is 8.29. The number of hydrogen-bond donors (Lipinski definition) is 2. The Hall–Kier alpha value is -1.92. The minimum Gasteiger partial charge on any atom is -0.356 e. The van der Waals surface area contributed by atoms with Crippen LogP contribution in [0.25, 0.3) is 0 Å². The van der Waals surface area contributed by atoms with Gasteiger partial charge in [0.1, 0.15) is 5.82 Å². The molecule has 0 aliphatic rings. The molecule has 1 aromatic heterocycles. The molecule has 0 spiro atoms. The highest BCUT2D eigenvalue weighted by molar-refractivity contribution is 5.75. The molecule has 20 heavy (non-hydrogen) atoms. The van der Waals surface area contributed by atoms with Crippen molar-refractivity contribution in [2.24, 2.45) is 0 Å². The lowest BCUT2D eigenvalue weighted by atomic mass is 10.2. The molecule has 0 aliphatic carbocycles. The highest BCUT2D eigenvalue weighted by atomic mass is 16.2. The number of aromatic nitrogens is 3. The summed E-state index contributed by atoms with van der Waals surface area (Å²) in [6.07, 6.45) is 3.17. The first-order valence-electron chi connectivity index (χ1n) is 6.85. The van der Waals surface area contributed by atoms with E-state index in [0.717, 1.165) is 25.1 Å². The fraction of sp³-hybridized carbons (Fsp3) is 0.692. The maximum Gasteiger partial charge on any atom is 0.222 e. The molecule has 0 saturated heterocycles. The molecule has 7 heteroatoms. The lowest BCUT2D eigenvalue weighted by Gasteiger charge is -2.15. The highest BCUT2D eigenvalue weighted by Gasteiger charge is 2.11. The molecule has 2 amide bonds. The minimum atomic E-state index is -0.0115. The van der Waals surface area contributed by atoms with E-state index in [0.29, 0.717) is 25.3 Å². The standard InChI is InChI=1S/C13H23N5O2/c1-10-15-12(17-16-10)9-18(3)13(20)7-5-4-6-8-14-11(2)19/h4-9H2,1-3H3,(H,14,19)(H,15,16,17). The van der Waals surface area contributed by atoms with Gasteiger partial charge in [0.15, 0.2) is 5.82 Å². The quantitative estimate of drug-likeness (QED) is 0.688. The molecule has 1 aromatic rings. The van der Waals surface area contributed by atoms with Crippen LogP contribution in [-0.4, -0.2) is 45.5 Å². The van der Waals surface area contributed by atoms with Crippen LogP contribution in [0.2, 0.25) is 0 Å². The Kier molecular flexibility index (Phi) is 6.69. The normalized spacial score (nSPS) is 10.3. The molecule has 0 fully saturated rings. The van der Waals surface area contributed by atoms with Crippen LogP contribution in [0.15, 0.2) is 0 Å². The highest BCUT2D eigenvalue weighted by Crippen LogP contribution is 2.04. The van der Waals surface area contributed by atoms with Gasteiger partial charge >= 0.3 is 0 Å². The summed E-state index contributed by atoms with van der Waals surface area (Å²) in [5, 5.41) is 9.50. The molecule has 7 nitrogen and oxygen atoms in total. The van der Waals surface area contributed by atoms with Gasteiger partial charge in [-0.25, -0.2) is 4.98 Å². The van der Waals surface area contributed by atoms with Crippen molar-refractivity contribution in [2.75, 3.05) is 13.6 Å². The van der Waals surface area contributed by atoms with Crippen molar-refractivity contribution in [2.45, 2.75) is 46.1 Å². The molecular weight excluding hydrogens is 258 g/mol. The summed E-state index contributed by atoms with van der Waals surface area (Å²) >= 11 is 0. The van der Waals surface area contributed by atoms with Gasteiger partial charge in [-0.3, -0.25) is 14.7 Å². The first kappa shape index (κ1) is 16.1. The third kappa shape index (κ3) is 6.31. The zero-order valence-corrected chi connectivity index (χ0v) is 12.4. The largest absolute Gasteiger partial charge is 0.356 e. The summed E-state index contributed by atoms with van der Waals surface area (Å²) < 4.78 is 0. The number of aromatic amines is 1. The Morgan fingerprint density at radius 2 is 2.05 bits per heavy atom. The number of aryl methyl sites for hydroxylation is 1. The Bertz CT molecular complexity index is 444. The van der Waals surface area contributed by atoms with Crippen molar-refractivity contribution in [3.8, 4) is 0 Å². The molecule has 0 atom stereocenters. The Balaban J connectivity index is 2.14. The smallest absolute Gasteiger partial charge is 0.222 e. The fourth-order valence-corrected chi connectivity index (χ4v) is 1.79. The maximum atomic E-state index is 11.9. The Morgan fingerprint density at radius 1 is 1.30 bits per heavy atom. The van der Waals surface area contributed by atoms with E-state index in [2.05, 4.69) is 20.5 Å². The molecule has 0 aromatic carbocycles. The maximum absolute atomic E-state index is 11.9. The summed E-state index contributed by atoms with van der Waals surface area (Å²) in [4.78, 5) is 28.4. The average molecular weight is 281 g/mol. The topological polar surface area (TPSA) is 91.0 Å². The Labute approximate surface area is 119 Å². The Morgan fingerprint density at radius 3 is 2.65 bits per heavy atom. The van der Waals surface area contributed by atoms with E-state index in [-0.39, 0.29) is 11.8 Å². The van der Waals surface area contributed by atoms with Gasteiger partial charge in [0.05, 0.1) is 6.54 Å². The zero-order valence-electron chi connectivity index (χ0n) is 12.4. The second-order valence-electron chi connectivity index (χ2n) is 4.88. The molecule has 112 valence electrons. The third-order valence-electron chi connectivity index (χ3n) is 2.89. The van der Waals surface area contributed by atoms with Crippen molar-refractivity contribution < 1.29 is 9.59 Å². The number of nitrogens with one attached hydrogen (secondary N) is 2. The molecule has 1 heterocycles. The molecule has 0 bridgehead atoms. The van der Waals surface area contributed by atoms with Gasteiger partial charge in [0.2, 0.25) is 11.8 Å². The zero-order chi connectivity index (χ0) is 15.0. The van der Waals surface area contributed by atoms with E-state index in [1.807, 2.05) is 6.92 Å². The van der Waals surface area contributed by atoms with Crippen molar-refractivity contribution in [3.05, 3.63) is 11.6 Å². The lowest BCUT2D eigenvalue weighted by molar-refractivity contribution is -0.130. The lowest BCUT2D eigenvalue weighted by Crippen LogP contribution is -2.26. The molecule has 2 N–H and O–H groups in total. The molecule has 0 radical (unpaired) electrons. The predicted octanol–water partition coefficient (Wildman–Crippen LogP) is 0.768. The van der Waals surface area contributed by atoms with Gasteiger partial charge in [0.25, 0.3) is 0 Å². The summed E-state index contributed by atoms with van der Waals surface area (Å²) in [7, 11) is 1.76. The van der Waals surface area contributed by atoms with E-state index >= 15 is 0 Å². The van der Waals surface area contributed by atoms with Crippen LogP contribution in [0.1, 0.15) is 44.3 Å². The van der Waals surface area contributed by atoms with E-state index in [1.54, 1.807) is 11.9 Å². The number of unbranched alkanes of at least 4 members (excludes halogenated alkanes) is 2. The van der Waals surface area contributed by atoms with Gasteiger partial charge in [-0.2, -0.15) is 5.10 Å². The van der Waals surface area contributed by atoms with Crippen LogP contribution in [0.4, 0.5) is 0 Å². The van der Waals surface area contributed by atoms with E-state index in [9.17, 15) is 9.59 Å². The molecule has 0 saturated carbocycles. The van der Waals surface area contributed by atoms with Crippen LogP contribution in [-0.2, 0) is 16.1 Å². The van der Waals surface area contributed by atoms with Gasteiger partial charge in [-0.05, 0) is 19.8 Å². The van der Waals surface area contributed by atoms with Crippen LogP contribution < -0.4 is 5.32 Å². The first-order valence-corrected chi connectivity index (χ1v) is 6.85. The second-order valence-corrected chi connectivity index (χ2v) is 4.88. The summed E-state index contributed by atoms with van der Waals surface area (Å²) in [6.45, 7) is 4.43. The fourth-order valence-electron chi connectivity index (χ4n) is 1.79. The van der Waals surface area contributed by atoms with Gasteiger partial charge in [-0.15, -0.1) is 0 Å². The van der Waals surface area contributed by atoms with Crippen molar-refractivity contribution in [3.63, 3.8) is 0 Å². The number of hydrogen-bond acceptors (Lipinski definition) is 4. The van der Waals surface area contributed by atoms with Gasteiger partial charge in [0, 0.05) is 26.9 Å². The number of amides is 2. The molecule has 0 aliphatic heterocycles. The van der Waals surface area contributed by atoms with Gasteiger partial charge in [-0.1, -0.05) is 6.42 Å². The van der Waals surface area contributed by atoms with E-state index < -0.39 is 0 Å². The van der Waals surface area contributed by atoms with Crippen molar-refractivity contribution >= 4 is 11.8 Å². The first-order chi connectivity index (χ1) is 9.49. The monoisotopic (exact) mass is 281 g/mol. The van der Waals surface area contributed by atoms with Gasteiger partial charge < -0.3 is 10.2 Å². The minimum absolute atomic E-state index is 0.0115. The summed E-state index contributed by atoms with van der Waals surface area (Å²) in [6, 6.07) is 0. The number of nitrogens with zero attached hydrogens (tertiary/aromatic N) is 3. The van der Waals surface area contributed by atoms with Crippen LogP contribution in [0.5, 0.6) is 0 Å². The SMILES string of the molecule is CC(=O)NCCCCCC(=O)N(C)Cc1n[nH]c(C)n1. The predicted molar refractivity (Wildman–Crippen MR) is 74.7 cm³/mol. The summed E-state index contributed by atoms with van der Waals surface area (Å²) in [5.74, 6) is 1.46. The number of carbonyl (C=O) groups is 2. The van der Waals surface area contributed by atoms with Crippen LogP contribution in [0.3, 0.4) is 0 Å². The third-order valence-corrected chi connectivity index (χ3v) is 2.89. The van der Waals surface area contributed by atoms with Crippen molar-refractivity contribution in [1.29, 1.82) is 0 Å². The summed E-state index contributed by atoms with van der Waals surface area (Å²) in [5.41, 5.74) is 0. The number of H-pyrrole nitrogens is 1. The van der Waals surface area contributed by atoms with E-state index in [1.165, 1.54) is 6.92 Å². The van der Waals surface area contributed by atoms with Crippen LogP contribution >= 0.6 is 0 Å². The molecule has 1 rings (SSSR count). The van der Waals surface area contributed by atoms with Crippen LogP contribution in [0, 0.1) is 6.92 Å². The molecule has 0 unspecified atom stereocenters. The van der Waals surface area contributed by atoms with E-state index in [4.69, 9.17) is 0 Å². The van der Waals surface area contributed by atoms with Crippen molar-refractivity contribution in [1.82, 2.24) is 25.4 Å². The molecular formula is C13H23N5O2. The number of carbonyl (C=O) groups excluding carboxylic acids is 2. The average Bonchev–Trinajstić information content (AvgIpc) is 2.78. The number of rotatable bonds is 8.